The van der Waals surface area contributed by atoms with Crippen molar-refractivity contribution in [3.63, 3.8) is 0 Å². The van der Waals surface area contributed by atoms with Gasteiger partial charge in [-0.1, -0.05) is 24.3 Å². The van der Waals surface area contributed by atoms with Crippen molar-refractivity contribution in [1.29, 1.82) is 0 Å². The number of pyridine rings is 2. The fourth-order valence-corrected chi connectivity index (χ4v) is 5.51. The minimum atomic E-state index is -0.127. The highest BCUT2D eigenvalue weighted by molar-refractivity contribution is 7.80. The van der Waals surface area contributed by atoms with Gasteiger partial charge in [0.05, 0.1) is 17.8 Å². The SMILES string of the molecule is Cc1ccccc1NC(=O)CCN1C(=S)NC(c2ccccn2)C1c1cc(C)n(Cc2ccncc2)c1C. The molecule has 1 aliphatic heterocycles. The van der Waals surface area contributed by atoms with Crippen molar-refractivity contribution in [3.05, 3.63) is 113 Å². The largest absolute Gasteiger partial charge is 0.352 e. The fourth-order valence-electron chi connectivity index (χ4n) is 5.17. The molecule has 194 valence electrons. The normalized spacial score (nSPS) is 16.9. The highest BCUT2D eigenvalue weighted by Crippen LogP contribution is 2.41. The van der Waals surface area contributed by atoms with Crippen molar-refractivity contribution in [1.82, 2.24) is 24.8 Å². The molecule has 38 heavy (non-hydrogen) atoms. The predicted octanol–water partition coefficient (Wildman–Crippen LogP) is 5.25. The van der Waals surface area contributed by atoms with Gasteiger partial charge in [-0.05, 0) is 86.1 Å². The van der Waals surface area contributed by atoms with Gasteiger partial charge in [-0.25, -0.2) is 0 Å². The number of aryl methyl sites for hydroxylation is 2. The summed E-state index contributed by atoms with van der Waals surface area (Å²) < 4.78 is 2.32. The number of hydrogen-bond acceptors (Lipinski definition) is 4. The number of thiocarbonyl (C=S) groups is 1. The lowest BCUT2D eigenvalue weighted by molar-refractivity contribution is -0.116. The number of carbonyl (C=O) groups is 1. The maximum absolute atomic E-state index is 12.9. The number of nitrogens with zero attached hydrogens (tertiary/aromatic N) is 4. The lowest BCUT2D eigenvalue weighted by Crippen LogP contribution is -2.33. The molecule has 0 spiro atoms. The fraction of sp³-hybridized carbons (Fsp3) is 0.267. The molecule has 0 radical (unpaired) electrons. The van der Waals surface area contributed by atoms with E-state index in [1.807, 2.05) is 80.1 Å². The number of anilines is 1. The van der Waals surface area contributed by atoms with E-state index in [1.165, 1.54) is 22.5 Å². The quantitative estimate of drug-likeness (QED) is 0.307. The first-order chi connectivity index (χ1) is 18.4. The summed E-state index contributed by atoms with van der Waals surface area (Å²) >= 11 is 5.83. The van der Waals surface area contributed by atoms with Gasteiger partial charge in [0.15, 0.2) is 5.11 Å². The van der Waals surface area contributed by atoms with E-state index < -0.39 is 0 Å². The van der Waals surface area contributed by atoms with E-state index in [0.717, 1.165) is 23.5 Å². The van der Waals surface area contributed by atoms with Crippen molar-refractivity contribution < 1.29 is 4.79 Å². The van der Waals surface area contributed by atoms with Gasteiger partial charge in [-0.2, -0.15) is 0 Å². The monoisotopic (exact) mass is 524 g/mol. The highest BCUT2D eigenvalue weighted by atomic mass is 32.1. The topological polar surface area (TPSA) is 75.1 Å². The van der Waals surface area contributed by atoms with Crippen LogP contribution in [0.3, 0.4) is 0 Å². The van der Waals surface area contributed by atoms with E-state index in [-0.39, 0.29) is 18.0 Å². The summed E-state index contributed by atoms with van der Waals surface area (Å²) in [6.45, 7) is 7.53. The number of rotatable bonds is 8. The third kappa shape index (κ3) is 5.31. The van der Waals surface area contributed by atoms with Crippen molar-refractivity contribution in [2.45, 2.75) is 45.8 Å². The average molecular weight is 525 g/mol. The van der Waals surface area contributed by atoms with Crippen LogP contribution in [0.1, 0.15) is 52.3 Å². The highest BCUT2D eigenvalue weighted by Gasteiger charge is 2.41. The zero-order valence-electron chi connectivity index (χ0n) is 21.9. The van der Waals surface area contributed by atoms with Crippen LogP contribution < -0.4 is 10.6 Å². The Morgan fingerprint density at radius 3 is 2.53 bits per heavy atom. The van der Waals surface area contributed by atoms with Crippen molar-refractivity contribution in [2.75, 3.05) is 11.9 Å². The lowest BCUT2D eigenvalue weighted by Gasteiger charge is -2.28. The Morgan fingerprint density at radius 1 is 1.03 bits per heavy atom. The van der Waals surface area contributed by atoms with Crippen LogP contribution in [0.2, 0.25) is 0 Å². The van der Waals surface area contributed by atoms with Gasteiger partial charge in [0, 0.05) is 55.2 Å². The molecule has 4 heterocycles. The van der Waals surface area contributed by atoms with Gasteiger partial charge >= 0.3 is 0 Å². The van der Waals surface area contributed by atoms with Crippen LogP contribution in [0.25, 0.3) is 0 Å². The van der Waals surface area contributed by atoms with E-state index in [0.29, 0.717) is 18.1 Å². The number of carbonyl (C=O) groups excluding carboxylic acids is 1. The Bertz CT molecular complexity index is 1440. The summed E-state index contributed by atoms with van der Waals surface area (Å²) in [6, 6.07) is 19.8. The second-order valence-corrected chi connectivity index (χ2v) is 10.1. The van der Waals surface area contributed by atoms with Crippen molar-refractivity contribution >= 4 is 28.9 Å². The van der Waals surface area contributed by atoms with Crippen LogP contribution in [0.15, 0.2) is 79.3 Å². The Kier molecular flexibility index (Phi) is 7.51. The molecule has 1 amide bonds. The molecule has 1 saturated heterocycles. The summed E-state index contributed by atoms with van der Waals surface area (Å²) in [5, 5.41) is 7.18. The zero-order chi connectivity index (χ0) is 26.6. The Morgan fingerprint density at radius 2 is 1.79 bits per heavy atom. The van der Waals surface area contributed by atoms with E-state index in [9.17, 15) is 4.79 Å². The average Bonchev–Trinajstić information content (AvgIpc) is 3.40. The third-order valence-corrected chi connectivity index (χ3v) is 7.57. The molecular formula is C30H32N6OS. The van der Waals surface area contributed by atoms with Gasteiger partial charge in [-0.15, -0.1) is 0 Å². The van der Waals surface area contributed by atoms with E-state index in [4.69, 9.17) is 12.2 Å². The molecule has 5 rings (SSSR count). The summed E-state index contributed by atoms with van der Waals surface area (Å²) in [4.78, 5) is 23.9. The Hall–Kier alpha value is -4.04. The van der Waals surface area contributed by atoms with Gasteiger partial charge < -0.3 is 20.1 Å². The molecule has 1 aliphatic rings. The smallest absolute Gasteiger partial charge is 0.226 e. The number of benzene rings is 1. The summed E-state index contributed by atoms with van der Waals surface area (Å²) in [5.74, 6) is -0.0368. The minimum Gasteiger partial charge on any atom is -0.352 e. The van der Waals surface area contributed by atoms with E-state index >= 15 is 0 Å². The molecule has 3 aromatic heterocycles. The maximum atomic E-state index is 12.9. The molecule has 2 N–H and O–H groups in total. The van der Waals surface area contributed by atoms with E-state index in [2.05, 4.69) is 50.0 Å². The Labute approximate surface area is 228 Å². The predicted molar refractivity (Wildman–Crippen MR) is 154 cm³/mol. The van der Waals surface area contributed by atoms with Crippen LogP contribution in [0.4, 0.5) is 5.69 Å². The van der Waals surface area contributed by atoms with Crippen LogP contribution in [-0.4, -0.2) is 37.0 Å². The summed E-state index contributed by atoms with van der Waals surface area (Å²) in [7, 11) is 0. The molecule has 0 saturated carbocycles. The second kappa shape index (κ2) is 11.1. The molecule has 7 nitrogen and oxygen atoms in total. The minimum absolute atomic E-state index is 0.0368. The first-order valence-electron chi connectivity index (χ1n) is 12.8. The van der Waals surface area contributed by atoms with Gasteiger partial charge in [0.25, 0.3) is 0 Å². The number of nitrogens with one attached hydrogen (secondary N) is 2. The molecule has 2 unspecified atom stereocenters. The lowest BCUT2D eigenvalue weighted by atomic mass is 9.96. The molecule has 1 aromatic carbocycles. The van der Waals surface area contributed by atoms with Crippen molar-refractivity contribution in [2.24, 2.45) is 0 Å². The van der Waals surface area contributed by atoms with Crippen molar-refractivity contribution in [3.8, 4) is 0 Å². The summed E-state index contributed by atoms with van der Waals surface area (Å²) in [5.41, 5.74) is 7.51. The third-order valence-electron chi connectivity index (χ3n) is 7.22. The van der Waals surface area contributed by atoms with Gasteiger partial charge in [-0.3, -0.25) is 14.8 Å². The molecule has 1 fully saturated rings. The number of hydrogen-bond donors (Lipinski definition) is 2. The molecular weight excluding hydrogens is 492 g/mol. The van der Waals surface area contributed by atoms with Crippen LogP contribution in [-0.2, 0) is 11.3 Å². The maximum Gasteiger partial charge on any atom is 0.226 e. The molecule has 0 aliphatic carbocycles. The van der Waals surface area contributed by atoms with Gasteiger partial charge in [0.1, 0.15) is 0 Å². The standard InChI is InChI=1S/C30H32N6OS/c1-20-8-4-5-9-25(20)33-27(37)13-17-35-29(28(34-30(35)38)26-10-6-7-14-32-26)24-18-21(2)36(22(24)3)19-23-11-15-31-16-12-23/h4-12,14-16,18,28-29H,13,17,19H2,1-3H3,(H,33,37)(H,34,38). The molecule has 0 bridgehead atoms. The van der Waals surface area contributed by atoms with Crippen LogP contribution in [0, 0.1) is 20.8 Å². The zero-order valence-corrected chi connectivity index (χ0v) is 22.7. The summed E-state index contributed by atoms with van der Waals surface area (Å²) in [6.07, 6.45) is 5.77. The number of para-hydroxylation sites is 1. The first-order valence-corrected chi connectivity index (χ1v) is 13.2. The number of amides is 1. The molecule has 8 heteroatoms. The van der Waals surface area contributed by atoms with E-state index in [1.54, 1.807) is 0 Å². The first kappa shape index (κ1) is 25.6. The Balaban J connectivity index is 1.43. The van der Waals surface area contributed by atoms with Gasteiger partial charge in [0.2, 0.25) is 5.91 Å². The number of aromatic nitrogens is 3. The molecule has 2 atom stereocenters. The second-order valence-electron chi connectivity index (χ2n) is 9.70. The van der Waals surface area contributed by atoms with Crippen LogP contribution in [0.5, 0.6) is 0 Å². The van der Waals surface area contributed by atoms with Crippen LogP contribution >= 0.6 is 12.2 Å². The molecule has 4 aromatic rings.